The Labute approximate surface area is 98.6 Å². The molecular formula is C11H14ClNO3. The van der Waals surface area contributed by atoms with Gasteiger partial charge in [0.2, 0.25) is 0 Å². The van der Waals surface area contributed by atoms with E-state index in [9.17, 15) is 9.90 Å². The predicted octanol–water partition coefficient (Wildman–Crippen LogP) is 2.14. The molecule has 88 valence electrons. The molecule has 0 bridgehead atoms. The molecule has 4 N–H and O–H groups in total. The van der Waals surface area contributed by atoms with Crippen LogP contribution in [0.25, 0.3) is 0 Å². The van der Waals surface area contributed by atoms with Crippen LogP contribution in [0.15, 0.2) is 6.07 Å². The molecule has 0 fully saturated rings. The maximum absolute atomic E-state index is 10.5. The summed E-state index contributed by atoms with van der Waals surface area (Å²) in [4.78, 5) is 10.5. The van der Waals surface area contributed by atoms with E-state index in [4.69, 9.17) is 22.4 Å². The number of halogens is 1. The highest BCUT2D eigenvalue weighted by Crippen LogP contribution is 2.36. The minimum absolute atomic E-state index is 0.126. The van der Waals surface area contributed by atoms with Crippen molar-refractivity contribution in [2.24, 2.45) is 5.73 Å². The molecule has 0 radical (unpaired) electrons. The van der Waals surface area contributed by atoms with Gasteiger partial charge in [-0.25, -0.2) is 0 Å². The van der Waals surface area contributed by atoms with Crippen molar-refractivity contribution in [1.82, 2.24) is 0 Å². The number of carbonyl (C=O) groups is 1. The number of hydrogen-bond donors (Lipinski definition) is 3. The van der Waals surface area contributed by atoms with Crippen molar-refractivity contribution in [1.29, 1.82) is 0 Å². The Morgan fingerprint density at radius 1 is 1.56 bits per heavy atom. The lowest BCUT2D eigenvalue weighted by Gasteiger charge is -2.15. The molecule has 0 spiro atoms. The van der Waals surface area contributed by atoms with Crippen molar-refractivity contribution >= 4 is 17.6 Å². The highest BCUT2D eigenvalue weighted by Gasteiger charge is 2.18. The molecule has 1 rings (SSSR count). The van der Waals surface area contributed by atoms with Crippen LogP contribution in [-0.4, -0.2) is 16.2 Å². The predicted molar refractivity (Wildman–Crippen MR) is 61.8 cm³/mol. The first kappa shape index (κ1) is 12.8. The smallest absolute Gasteiger partial charge is 0.305 e. The Bertz CT molecular complexity index is 432. The van der Waals surface area contributed by atoms with E-state index in [0.29, 0.717) is 5.56 Å². The second-order valence-electron chi connectivity index (χ2n) is 3.77. The summed E-state index contributed by atoms with van der Waals surface area (Å²) in [5.74, 6) is -1.14. The van der Waals surface area contributed by atoms with Crippen LogP contribution >= 0.6 is 11.6 Å². The number of hydrogen-bond acceptors (Lipinski definition) is 3. The maximum Gasteiger partial charge on any atom is 0.305 e. The summed E-state index contributed by atoms with van der Waals surface area (Å²) in [6.45, 7) is 3.61. The second kappa shape index (κ2) is 4.72. The van der Waals surface area contributed by atoms with Gasteiger partial charge in [-0.05, 0) is 25.0 Å². The molecule has 4 nitrogen and oxygen atoms in total. The van der Waals surface area contributed by atoms with E-state index in [0.717, 1.165) is 11.1 Å². The van der Waals surface area contributed by atoms with Crippen LogP contribution in [0.3, 0.4) is 0 Å². The van der Waals surface area contributed by atoms with Crippen LogP contribution in [0, 0.1) is 13.8 Å². The average molecular weight is 244 g/mol. The van der Waals surface area contributed by atoms with Crippen LogP contribution < -0.4 is 5.73 Å². The summed E-state index contributed by atoms with van der Waals surface area (Å²) >= 11 is 5.92. The molecule has 0 aromatic heterocycles. The van der Waals surface area contributed by atoms with Crippen LogP contribution in [0.4, 0.5) is 0 Å². The summed E-state index contributed by atoms with van der Waals surface area (Å²) in [6, 6.07) is 0.916. The molecule has 0 aliphatic carbocycles. The van der Waals surface area contributed by atoms with Gasteiger partial charge in [0.15, 0.2) is 0 Å². The first-order valence-corrected chi connectivity index (χ1v) is 5.18. The fourth-order valence-corrected chi connectivity index (χ4v) is 1.73. The van der Waals surface area contributed by atoms with Crippen LogP contribution in [0.1, 0.15) is 29.2 Å². The van der Waals surface area contributed by atoms with Crippen molar-refractivity contribution < 1.29 is 15.0 Å². The zero-order valence-corrected chi connectivity index (χ0v) is 9.88. The lowest BCUT2D eigenvalue weighted by Crippen LogP contribution is -2.15. The Morgan fingerprint density at radius 3 is 2.62 bits per heavy atom. The average Bonchev–Trinajstić information content (AvgIpc) is 2.19. The Balaban J connectivity index is 3.19. The van der Waals surface area contributed by atoms with Crippen LogP contribution in [0.2, 0.25) is 5.02 Å². The zero-order chi connectivity index (χ0) is 12.5. The first-order valence-electron chi connectivity index (χ1n) is 4.80. The quantitative estimate of drug-likeness (QED) is 0.760. The maximum atomic E-state index is 10.5. The van der Waals surface area contributed by atoms with Gasteiger partial charge in [0, 0.05) is 11.6 Å². The summed E-state index contributed by atoms with van der Waals surface area (Å²) in [5, 5.41) is 18.6. The third-order valence-corrected chi connectivity index (χ3v) is 3.03. The van der Waals surface area contributed by atoms with Gasteiger partial charge >= 0.3 is 5.97 Å². The number of phenolic OH excluding ortho intramolecular Hbond substituents is 1. The van der Waals surface area contributed by atoms with E-state index in [1.54, 1.807) is 13.0 Å². The van der Waals surface area contributed by atoms with Crippen molar-refractivity contribution in [3.05, 3.63) is 27.8 Å². The molecule has 0 amide bonds. The summed E-state index contributed by atoms with van der Waals surface area (Å²) in [6.07, 6.45) is -0.244. The lowest BCUT2D eigenvalue weighted by molar-refractivity contribution is -0.137. The van der Waals surface area contributed by atoms with Gasteiger partial charge < -0.3 is 15.9 Å². The molecule has 1 aromatic carbocycles. The van der Waals surface area contributed by atoms with Gasteiger partial charge in [-0.3, -0.25) is 4.79 Å². The van der Waals surface area contributed by atoms with E-state index >= 15 is 0 Å². The second-order valence-corrected chi connectivity index (χ2v) is 4.15. The molecule has 0 saturated carbocycles. The summed E-state index contributed by atoms with van der Waals surface area (Å²) < 4.78 is 0. The number of phenols is 1. The number of carboxylic acid groups (broad SMARTS) is 1. The number of nitrogens with two attached hydrogens (primary N) is 1. The number of aryl methyl sites for hydroxylation is 1. The Hall–Kier alpha value is -1.26. The molecule has 0 aliphatic heterocycles. The Kier molecular flexibility index (Phi) is 3.78. The summed E-state index contributed by atoms with van der Waals surface area (Å²) in [7, 11) is 0. The van der Waals surface area contributed by atoms with Gasteiger partial charge in [0.25, 0.3) is 0 Å². The standard InChI is InChI=1S/C11H14ClNO3/c1-5-3-7(8(13)4-9(14)15)11(16)10(12)6(5)2/h3,8,16H,4,13H2,1-2H3,(H,14,15). The monoisotopic (exact) mass is 243 g/mol. The number of rotatable bonds is 3. The molecule has 16 heavy (non-hydrogen) atoms. The van der Waals surface area contributed by atoms with E-state index in [1.165, 1.54) is 0 Å². The number of aromatic hydroxyl groups is 1. The van der Waals surface area contributed by atoms with Crippen molar-refractivity contribution in [3.8, 4) is 5.75 Å². The van der Waals surface area contributed by atoms with E-state index in [-0.39, 0.29) is 17.2 Å². The minimum Gasteiger partial charge on any atom is -0.506 e. The molecular weight excluding hydrogens is 230 g/mol. The largest absolute Gasteiger partial charge is 0.506 e. The highest BCUT2D eigenvalue weighted by atomic mass is 35.5. The molecule has 0 saturated heterocycles. The van der Waals surface area contributed by atoms with Gasteiger partial charge in [-0.1, -0.05) is 17.7 Å². The van der Waals surface area contributed by atoms with E-state index in [1.807, 2.05) is 6.92 Å². The van der Waals surface area contributed by atoms with Gasteiger partial charge in [-0.2, -0.15) is 0 Å². The highest BCUT2D eigenvalue weighted by molar-refractivity contribution is 6.33. The molecule has 1 aromatic rings. The fraction of sp³-hybridized carbons (Fsp3) is 0.364. The number of aliphatic carboxylic acids is 1. The third-order valence-electron chi connectivity index (χ3n) is 2.57. The van der Waals surface area contributed by atoms with Crippen LogP contribution in [0.5, 0.6) is 5.75 Å². The van der Waals surface area contributed by atoms with Gasteiger partial charge in [0.1, 0.15) is 5.75 Å². The first-order chi connectivity index (χ1) is 7.34. The minimum atomic E-state index is -1.01. The molecule has 1 unspecified atom stereocenters. The van der Waals surface area contributed by atoms with Crippen molar-refractivity contribution in [3.63, 3.8) is 0 Å². The third kappa shape index (κ3) is 2.46. The van der Waals surface area contributed by atoms with Crippen LogP contribution in [-0.2, 0) is 4.79 Å². The topological polar surface area (TPSA) is 83.6 Å². The molecule has 0 heterocycles. The Morgan fingerprint density at radius 2 is 2.12 bits per heavy atom. The molecule has 1 atom stereocenters. The molecule has 5 heteroatoms. The lowest BCUT2D eigenvalue weighted by atomic mass is 9.98. The van der Waals surface area contributed by atoms with E-state index < -0.39 is 12.0 Å². The van der Waals surface area contributed by atoms with Crippen molar-refractivity contribution in [2.75, 3.05) is 0 Å². The van der Waals surface area contributed by atoms with Crippen molar-refractivity contribution in [2.45, 2.75) is 26.3 Å². The number of carboxylic acids is 1. The number of benzene rings is 1. The van der Waals surface area contributed by atoms with Gasteiger partial charge in [0.05, 0.1) is 11.4 Å². The van der Waals surface area contributed by atoms with E-state index in [2.05, 4.69) is 0 Å². The SMILES string of the molecule is Cc1cc(C(N)CC(=O)O)c(O)c(Cl)c1C. The van der Waals surface area contributed by atoms with Gasteiger partial charge in [-0.15, -0.1) is 0 Å². The molecule has 0 aliphatic rings. The normalized spacial score (nSPS) is 12.5. The fourth-order valence-electron chi connectivity index (χ4n) is 1.47. The zero-order valence-electron chi connectivity index (χ0n) is 9.12. The summed E-state index contributed by atoms with van der Waals surface area (Å²) in [5.41, 5.74) is 7.70.